The van der Waals surface area contributed by atoms with E-state index >= 15 is 0 Å². The minimum atomic E-state index is 0.602. The van der Waals surface area contributed by atoms with E-state index in [0.29, 0.717) is 5.89 Å². The second kappa shape index (κ2) is 10.0. The summed E-state index contributed by atoms with van der Waals surface area (Å²) < 4.78 is 8.54. The van der Waals surface area contributed by atoms with Crippen molar-refractivity contribution in [1.82, 2.24) is 14.5 Å². The van der Waals surface area contributed by atoms with Crippen molar-refractivity contribution >= 4 is 50.0 Å². The van der Waals surface area contributed by atoms with Crippen molar-refractivity contribution in [2.45, 2.75) is 0 Å². The summed E-state index contributed by atoms with van der Waals surface area (Å²) in [5, 5.41) is 2.38. The molecule has 0 radical (unpaired) electrons. The Morgan fingerprint density at radius 3 is 2.09 bits per heavy atom. The predicted molar refractivity (Wildman–Crippen MR) is 191 cm³/mol. The molecule has 10 rings (SSSR count). The van der Waals surface area contributed by atoms with Crippen LogP contribution in [0.4, 0.5) is 17.1 Å². The van der Waals surface area contributed by atoms with Crippen molar-refractivity contribution in [3.8, 4) is 39.5 Å². The van der Waals surface area contributed by atoms with E-state index in [4.69, 9.17) is 14.4 Å². The van der Waals surface area contributed by atoms with Crippen LogP contribution >= 0.6 is 0 Å². The van der Waals surface area contributed by atoms with Crippen LogP contribution in [-0.4, -0.2) is 14.5 Å². The van der Waals surface area contributed by atoms with E-state index in [2.05, 4.69) is 125 Å². The largest absolute Gasteiger partial charge is 0.436 e. The average molecular weight is 603 g/mol. The van der Waals surface area contributed by atoms with Gasteiger partial charge in [0, 0.05) is 39.3 Å². The van der Waals surface area contributed by atoms with Crippen LogP contribution in [0.1, 0.15) is 0 Å². The zero-order valence-corrected chi connectivity index (χ0v) is 25.2. The number of fused-ring (bicyclic) bond motifs is 9. The lowest BCUT2D eigenvalue weighted by molar-refractivity contribution is 0.620. The predicted octanol–water partition coefficient (Wildman–Crippen LogP) is 11.1. The standard InChI is InChI=1S/C42H26N4O/c1-2-12-30-29(11-1)31-13-3-6-16-36(31)45(38-25-27(20-22-33(30)38)42-44-35-15-5-8-18-40(35)47-42)28-21-23-34-32-14-4-7-17-37(32)46(39(34)26-28)41-19-9-10-24-43-41/h1-26H. The highest BCUT2D eigenvalue weighted by atomic mass is 16.3. The lowest BCUT2D eigenvalue weighted by Crippen LogP contribution is -2.11. The number of rotatable bonds is 3. The molecule has 0 N–H and O–H groups in total. The van der Waals surface area contributed by atoms with E-state index < -0.39 is 0 Å². The van der Waals surface area contributed by atoms with Gasteiger partial charge in [-0.1, -0.05) is 91.0 Å². The lowest BCUT2D eigenvalue weighted by atomic mass is 9.94. The summed E-state index contributed by atoms with van der Waals surface area (Å²) in [5.74, 6) is 1.49. The minimum Gasteiger partial charge on any atom is -0.436 e. The van der Waals surface area contributed by atoms with Gasteiger partial charge in [-0.3, -0.25) is 4.57 Å². The normalized spacial score (nSPS) is 12.2. The van der Waals surface area contributed by atoms with Crippen molar-refractivity contribution in [3.05, 3.63) is 158 Å². The van der Waals surface area contributed by atoms with Gasteiger partial charge >= 0.3 is 0 Å². The topological polar surface area (TPSA) is 47.1 Å². The SMILES string of the molecule is c1ccc(-n2c3ccccc3c3ccc(N4c5ccccc5-c5ccccc5-c5ccc(-c6nc7ccccc7o6)cc54)cc32)nc1. The van der Waals surface area contributed by atoms with Crippen LogP contribution in [0.15, 0.2) is 162 Å². The zero-order valence-electron chi connectivity index (χ0n) is 25.2. The van der Waals surface area contributed by atoms with Gasteiger partial charge in [0.15, 0.2) is 5.58 Å². The summed E-state index contributed by atoms with van der Waals surface area (Å²) in [5.41, 5.74) is 12.7. The van der Waals surface area contributed by atoms with Crippen molar-refractivity contribution in [3.63, 3.8) is 0 Å². The molecule has 1 aliphatic heterocycles. The van der Waals surface area contributed by atoms with Gasteiger partial charge in [0.2, 0.25) is 5.89 Å². The Hall–Kier alpha value is -6.46. The fourth-order valence-corrected chi connectivity index (χ4v) is 7.16. The molecule has 0 spiro atoms. The van der Waals surface area contributed by atoms with Crippen LogP contribution in [0.25, 0.3) is 72.4 Å². The molecule has 9 aromatic rings. The van der Waals surface area contributed by atoms with Gasteiger partial charge in [0.05, 0.1) is 22.4 Å². The summed E-state index contributed by atoms with van der Waals surface area (Å²) in [6, 6.07) is 53.2. The first kappa shape index (κ1) is 25.8. The van der Waals surface area contributed by atoms with Crippen LogP contribution in [0.3, 0.4) is 0 Å². The van der Waals surface area contributed by atoms with Crippen molar-refractivity contribution < 1.29 is 4.42 Å². The van der Waals surface area contributed by atoms with Crippen molar-refractivity contribution in [2.75, 3.05) is 4.90 Å². The summed E-state index contributed by atoms with van der Waals surface area (Å²) >= 11 is 0. The Kier molecular flexibility index (Phi) is 5.51. The maximum Gasteiger partial charge on any atom is 0.227 e. The quantitative estimate of drug-likeness (QED) is 0.202. The molecule has 6 aromatic carbocycles. The minimum absolute atomic E-state index is 0.602. The maximum absolute atomic E-state index is 6.27. The fraction of sp³-hybridized carbons (Fsp3) is 0. The van der Waals surface area contributed by atoms with E-state index in [1.807, 2.05) is 42.6 Å². The Labute approximate surface area is 270 Å². The molecule has 0 aliphatic carbocycles. The highest BCUT2D eigenvalue weighted by molar-refractivity contribution is 6.11. The summed E-state index contributed by atoms with van der Waals surface area (Å²) in [6.45, 7) is 0. The van der Waals surface area contributed by atoms with Crippen LogP contribution in [0.2, 0.25) is 0 Å². The third-order valence-corrected chi connectivity index (χ3v) is 9.23. The molecule has 5 nitrogen and oxygen atoms in total. The molecule has 1 aliphatic rings. The fourth-order valence-electron chi connectivity index (χ4n) is 7.16. The van der Waals surface area contributed by atoms with Gasteiger partial charge in [-0.2, -0.15) is 0 Å². The first-order valence-electron chi connectivity index (χ1n) is 15.8. The summed E-state index contributed by atoms with van der Waals surface area (Å²) in [7, 11) is 0. The molecule has 5 heteroatoms. The number of oxazole rings is 1. The Balaban J connectivity index is 1.28. The summed E-state index contributed by atoms with van der Waals surface area (Å²) in [4.78, 5) is 12.0. The lowest BCUT2D eigenvalue weighted by Gasteiger charge is -2.28. The maximum atomic E-state index is 6.27. The van der Waals surface area contributed by atoms with E-state index in [1.54, 1.807) is 0 Å². The van der Waals surface area contributed by atoms with E-state index in [1.165, 1.54) is 27.5 Å². The van der Waals surface area contributed by atoms with Crippen LogP contribution < -0.4 is 4.90 Å². The third-order valence-electron chi connectivity index (χ3n) is 9.23. The number of para-hydroxylation sites is 4. The van der Waals surface area contributed by atoms with Gasteiger partial charge in [-0.05, 0) is 71.8 Å². The molecule has 4 heterocycles. The zero-order chi connectivity index (χ0) is 30.9. The summed E-state index contributed by atoms with van der Waals surface area (Å²) in [6.07, 6.45) is 1.85. The molecule has 3 aromatic heterocycles. The molecule has 220 valence electrons. The van der Waals surface area contributed by atoms with Gasteiger partial charge < -0.3 is 9.32 Å². The van der Waals surface area contributed by atoms with Gasteiger partial charge in [0.25, 0.3) is 0 Å². The second-order valence-corrected chi connectivity index (χ2v) is 11.9. The smallest absolute Gasteiger partial charge is 0.227 e. The van der Waals surface area contributed by atoms with Gasteiger partial charge in [-0.15, -0.1) is 0 Å². The molecule has 0 saturated heterocycles. The highest BCUT2D eigenvalue weighted by Crippen LogP contribution is 2.52. The highest BCUT2D eigenvalue weighted by Gasteiger charge is 2.27. The average Bonchev–Trinajstić information content (AvgIpc) is 3.68. The van der Waals surface area contributed by atoms with E-state index in [9.17, 15) is 0 Å². The molecular weight excluding hydrogens is 576 g/mol. The molecule has 0 fully saturated rings. The van der Waals surface area contributed by atoms with E-state index in [0.717, 1.165) is 56.1 Å². The van der Waals surface area contributed by atoms with Crippen LogP contribution in [0.5, 0.6) is 0 Å². The number of hydrogen-bond donors (Lipinski definition) is 0. The first-order chi connectivity index (χ1) is 23.3. The van der Waals surface area contributed by atoms with E-state index in [-0.39, 0.29) is 0 Å². The molecular formula is C42H26N4O. The molecule has 0 amide bonds. The third kappa shape index (κ3) is 3.90. The number of nitrogens with zero attached hydrogens (tertiary/aromatic N) is 4. The number of aromatic nitrogens is 3. The Bertz CT molecular complexity index is 2620. The number of benzene rings is 6. The molecule has 0 unspecified atom stereocenters. The first-order valence-corrected chi connectivity index (χ1v) is 15.8. The van der Waals surface area contributed by atoms with Crippen LogP contribution in [-0.2, 0) is 0 Å². The van der Waals surface area contributed by atoms with Crippen molar-refractivity contribution in [1.29, 1.82) is 0 Å². The molecule has 0 atom stereocenters. The van der Waals surface area contributed by atoms with Gasteiger partial charge in [0.1, 0.15) is 11.3 Å². The Morgan fingerprint density at radius 2 is 1.23 bits per heavy atom. The molecule has 0 bridgehead atoms. The monoisotopic (exact) mass is 602 g/mol. The number of hydrogen-bond acceptors (Lipinski definition) is 4. The number of pyridine rings is 1. The second-order valence-electron chi connectivity index (χ2n) is 11.9. The van der Waals surface area contributed by atoms with Crippen LogP contribution in [0, 0.1) is 0 Å². The van der Waals surface area contributed by atoms with Crippen molar-refractivity contribution in [2.24, 2.45) is 0 Å². The number of anilines is 3. The Morgan fingerprint density at radius 1 is 0.511 bits per heavy atom. The molecule has 0 saturated carbocycles. The molecule has 47 heavy (non-hydrogen) atoms. The van der Waals surface area contributed by atoms with Gasteiger partial charge in [-0.25, -0.2) is 9.97 Å².